The highest BCUT2D eigenvalue weighted by Gasteiger charge is 2.40. The molecule has 1 fully saturated rings. The van der Waals surface area contributed by atoms with E-state index >= 15 is 0 Å². The number of para-hydroxylation sites is 3. The number of allylic oxidation sites excluding steroid dienone is 2. The molecule has 208 valence electrons. The summed E-state index contributed by atoms with van der Waals surface area (Å²) in [5.74, 6) is 0.874. The second-order valence-electron chi connectivity index (χ2n) is 12.1. The molecule has 2 aliphatic rings. The minimum absolute atomic E-state index is 0.0162. The Morgan fingerprint density at radius 2 is 1.19 bits per heavy atom. The quantitative estimate of drug-likeness (QED) is 0.156. The van der Waals surface area contributed by atoms with Crippen LogP contribution in [0.15, 0.2) is 127 Å². The summed E-state index contributed by atoms with van der Waals surface area (Å²) >= 11 is 0. The Kier molecular flexibility index (Phi) is 5.39. The minimum atomic E-state index is -0.0544. The summed E-state index contributed by atoms with van der Waals surface area (Å²) in [4.78, 5) is 12.9. The lowest BCUT2D eigenvalue weighted by atomic mass is 9.94. The standard InChI is InChI=1S/C39H30N2O2/c42-39(33-21-25-16-18-27(33)20-25)43-24-26-17-19-38-34(22-26)32-12-3-6-15-37(32)41(38)29-9-7-8-28(23-29)40-35-13-4-1-10-30(35)31-11-2-5-14-36(31)40/h1-19,22-23,25,27,33H,20-21,24H2. The fourth-order valence-corrected chi connectivity index (χ4v) is 7.67. The van der Waals surface area contributed by atoms with Crippen LogP contribution < -0.4 is 0 Å². The van der Waals surface area contributed by atoms with Gasteiger partial charge in [0.15, 0.2) is 0 Å². The van der Waals surface area contributed by atoms with E-state index in [2.05, 4.69) is 137 Å². The first-order valence-corrected chi connectivity index (χ1v) is 15.2. The number of rotatable bonds is 5. The topological polar surface area (TPSA) is 36.2 Å². The average Bonchev–Trinajstić information content (AvgIpc) is 3.84. The number of aromatic nitrogens is 2. The molecular formula is C39H30N2O2. The van der Waals surface area contributed by atoms with Crippen LogP contribution >= 0.6 is 0 Å². The van der Waals surface area contributed by atoms with Crippen molar-refractivity contribution in [3.8, 4) is 11.4 Å². The Morgan fingerprint density at radius 1 is 0.605 bits per heavy atom. The highest BCUT2D eigenvalue weighted by molar-refractivity contribution is 6.10. The number of carbonyl (C=O) groups is 1. The largest absolute Gasteiger partial charge is 0.461 e. The molecule has 9 rings (SSSR count). The van der Waals surface area contributed by atoms with Gasteiger partial charge >= 0.3 is 5.97 Å². The van der Waals surface area contributed by atoms with E-state index in [1.165, 1.54) is 27.2 Å². The fraction of sp³-hybridized carbons (Fsp3) is 0.154. The lowest BCUT2D eigenvalue weighted by Crippen LogP contribution is -2.21. The summed E-state index contributed by atoms with van der Waals surface area (Å²) in [5.41, 5.74) is 7.93. The molecule has 4 nitrogen and oxygen atoms in total. The number of esters is 1. The number of ether oxygens (including phenoxy) is 1. The van der Waals surface area contributed by atoms with Crippen molar-refractivity contribution >= 4 is 49.6 Å². The molecule has 0 aliphatic heterocycles. The molecule has 43 heavy (non-hydrogen) atoms. The molecule has 4 heteroatoms. The van der Waals surface area contributed by atoms with Gasteiger partial charge in [-0.25, -0.2) is 0 Å². The number of fused-ring (bicyclic) bond motifs is 8. The molecule has 7 aromatic rings. The van der Waals surface area contributed by atoms with Crippen LogP contribution in [0.5, 0.6) is 0 Å². The van der Waals surface area contributed by atoms with Crippen molar-refractivity contribution in [2.24, 2.45) is 17.8 Å². The minimum Gasteiger partial charge on any atom is -0.461 e. The molecule has 0 amide bonds. The molecule has 2 bridgehead atoms. The molecule has 3 unspecified atom stereocenters. The maximum absolute atomic E-state index is 12.9. The zero-order chi connectivity index (χ0) is 28.5. The zero-order valence-electron chi connectivity index (χ0n) is 23.7. The number of hydrogen-bond acceptors (Lipinski definition) is 2. The van der Waals surface area contributed by atoms with Crippen molar-refractivity contribution < 1.29 is 9.53 Å². The molecule has 3 atom stereocenters. The summed E-state index contributed by atoms with van der Waals surface area (Å²) in [5, 5.41) is 4.86. The highest BCUT2D eigenvalue weighted by atomic mass is 16.5. The second kappa shape index (κ2) is 9.47. The van der Waals surface area contributed by atoms with E-state index in [1.807, 2.05) is 0 Å². The fourth-order valence-electron chi connectivity index (χ4n) is 7.67. The van der Waals surface area contributed by atoms with E-state index < -0.39 is 0 Å². The van der Waals surface area contributed by atoms with Gasteiger partial charge in [-0.2, -0.15) is 0 Å². The van der Waals surface area contributed by atoms with Crippen LogP contribution in [0, 0.1) is 17.8 Å². The third-order valence-electron chi connectivity index (χ3n) is 9.63. The van der Waals surface area contributed by atoms with Gasteiger partial charge in [-0.15, -0.1) is 0 Å². The van der Waals surface area contributed by atoms with Crippen LogP contribution in [0.4, 0.5) is 0 Å². The van der Waals surface area contributed by atoms with Crippen LogP contribution in [0.3, 0.4) is 0 Å². The van der Waals surface area contributed by atoms with Gasteiger partial charge in [0.1, 0.15) is 6.61 Å². The SMILES string of the molecule is O=C(OCc1ccc2c(c1)c1ccccc1n2-c1cccc(-n2c3ccccc3c3ccccc32)c1)C1CC2C=CC1C2. The summed E-state index contributed by atoms with van der Waals surface area (Å²) in [6, 6.07) is 41.1. The van der Waals surface area contributed by atoms with E-state index in [0.717, 1.165) is 46.2 Å². The van der Waals surface area contributed by atoms with Crippen molar-refractivity contribution in [3.63, 3.8) is 0 Å². The Hall–Kier alpha value is -5.09. The lowest BCUT2D eigenvalue weighted by molar-refractivity contribution is -0.150. The molecule has 5 aromatic carbocycles. The first-order valence-electron chi connectivity index (χ1n) is 15.2. The van der Waals surface area contributed by atoms with Gasteiger partial charge in [-0.3, -0.25) is 4.79 Å². The predicted molar refractivity (Wildman–Crippen MR) is 174 cm³/mol. The van der Waals surface area contributed by atoms with Gasteiger partial charge in [0, 0.05) is 32.9 Å². The van der Waals surface area contributed by atoms with E-state index in [0.29, 0.717) is 18.4 Å². The third-order valence-corrected chi connectivity index (χ3v) is 9.63. The number of benzene rings is 5. The molecule has 0 radical (unpaired) electrons. The Balaban J connectivity index is 1.13. The monoisotopic (exact) mass is 558 g/mol. The zero-order valence-corrected chi connectivity index (χ0v) is 23.7. The smallest absolute Gasteiger partial charge is 0.309 e. The van der Waals surface area contributed by atoms with Crippen molar-refractivity contribution in [2.45, 2.75) is 19.4 Å². The highest BCUT2D eigenvalue weighted by Crippen LogP contribution is 2.44. The third kappa shape index (κ3) is 3.79. The number of carbonyl (C=O) groups excluding carboxylic acids is 1. The maximum atomic E-state index is 12.9. The first kappa shape index (κ1) is 24.5. The first-order chi connectivity index (χ1) is 21.2. The normalized spacial score (nSPS) is 19.3. The number of hydrogen-bond donors (Lipinski definition) is 0. The van der Waals surface area contributed by atoms with Gasteiger partial charge in [0.2, 0.25) is 0 Å². The Bertz CT molecular complexity index is 2200. The van der Waals surface area contributed by atoms with Crippen LogP contribution in [0.25, 0.3) is 55.0 Å². The van der Waals surface area contributed by atoms with E-state index in [1.54, 1.807) is 0 Å². The van der Waals surface area contributed by atoms with E-state index in [4.69, 9.17) is 4.74 Å². The summed E-state index contributed by atoms with van der Waals surface area (Å²) < 4.78 is 10.6. The maximum Gasteiger partial charge on any atom is 0.309 e. The van der Waals surface area contributed by atoms with E-state index in [-0.39, 0.29) is 11.9 Å². The summed E-state index contributed by atoms with van der Waals surface area (Å²) in [6.07, 6.45) is 6.50. The predicted octanol–water partition coefficient (Wildman–Crippen LogP) is 9.14. The van der Waals surface area contributed by atoms with Crippen LogP contribution in [-0.2, 0) is 16.1 Å². The summed E-state index contributed by atoms with van der Waals surface area (Å²) in [7, 11) is 0. The average molecular weight is 559 g/mol. The van der Waals surface area contributed by atoms with Gasteiger partial charge in [0.25, 0.3) is 0 Å². The Morgan fingerprint density at radius 3 is 1.77 bits per heavy atom. The summed E-state index contributed by atoms with van der Waals surface area (Å²) in [6.45, 7) is 0.301. The van der Waals surface area contributed by atoms with Gasteiger partial charge in [-0.1, -0.05) is 78.9 Å². The molecular weight excluding hydrogens is 528 g/mol. The molecule has 1 saturated carbocycles. The van der Waals surface area contributed by atoms with Crippen LogP contribution in [0.1, 0.15) is 18.4 Å². The van der Waals surface area contributed by atoms with Crippen molar-refractivity contribution in [3.05, 3.63) is 133 Å². The van der Waals surface area contributed by atoms with Crippen molar-refractivity contribution in [2.75, 3.05) is 0 Å². The van der Waals surface area contributed by atoms with Crippen molar-refractivity contribution in [1.82, 2.24) is 9.13 Å². The molecule has 2 aliphatic carbocycles. The number of nitrogens with zero attached hydrogens (tertiary/aromatic N) is 2. The van der Waals surface area contributed by atoms with Crippen LogP contribution in [0.2, 0.25) is 0 Å². The van der Waals surface area contributed by atoms with Crippen molar-refractivity contribution in [1.29, 1.82) is 0 Å². The van der Waals surface area contributed by atoms with E-state index in [9.17, 15) is 4.79 Å². The molecule has 2 aromatic heterocycles. The second-order valence-corrected chi connectivity index (χ2v) is 12.1. The molecule has 0 saturated heterocycles. The molecule has 2 heterocycles. The van der Waals surface area contributed by atoms with Crippen LogP contribution in [-0.4, -0.2) is 15.1 Å². The molecule has 0 spiro atoms. The Labute approximate surface area is 249 Å². The van der Waals surface area contributed by atoms with Gasteiger partial charge in [-0.05, 0) is 78.8 Å². The lowest BCUT2D eigenvalue weighted by Gasteiger charge is -2.16. The molecule has 0 N–H and O–H groups in total. The van der Waals surface area contributed by atoms with Gasteiger partial charge < -0.3 is 13.9 Å². The van der Waals surface area contributed by atoms with Gasteiger partial charge in [0.05, 0.1) is 28.0 Å².